The maximum atomic E-state index is 12.5. The van der Waals surface area contributed by atoms with Gasteiger partial charge >= 0.3 is 0 Å². The normalized spacial score (nSPS) is 17.0. The van der Waals surface area contributed by atoms with Crippen molar-refractivity contribution in [1.29, 1.82) is 0 Å². The van der Waals surface area contributed by atoms with Gasteiger partial charge in [-0.1, -0.05) is 13.8 Å². The van der Waals surface area contributed by atoms with Crippen molar-refractivity contribution in [1.82, 2.24) is 13.5 Å². The molecule has 1 fully saturated rings. The van der Waals surface area contributed by atoms with Crippen molar-refractivity contribution in [3.8, 4) is 0 Å². The summed E-state index contributed by atoms with van der Waals surface area (Å²) in [6.45, 7) is 6.82. The number of halogens is 1. The maximum absolute atomic E-state index is 12.5. The second kappa shape index (κ2) is 9.26. The molecule has 0 aliphatic carbocycles. The van der Waals surface area contributed by atoms with Gasteiger partial charge in [-0.3, -0.25) is 9.69 Å². The molecule has 1 aromatic rings. The number of benzene rings is 1. The molecular weight excluding hydrogens is 455 g/mol. The van der Waals surface area contributed by atoms with E-state index in [1.54, 1.807) is 0 Å². The fourth-order valence-electron chi connectivity index (χ4n) is 2.77. The third kappa shape index (κ3) is 5.61. The highest BCUT2D eigenvalue weighted by Crippen LogP contribution is 2.13. The number of carbonyl (C=O) groups is 1. The quantitative estimate of drug-likeness (QED) is 0.600. The molecule has 25 heavy (non-hydrogen) atoms. The van der Waals surface area contributed by atoms with Crippen molar-refractivity contribution in [2.75, 3.05) is 51.1 Å². The lowest BCUT2D eigenvalue weighted by atomic mass is 10.3. The minimum Gasteiger partial charge on any atom is -0.325 e. The van der Waals surface area contributed by atoms with Crippen molar-refractivity contribution < 1.29 is 13.2 Å². The van der Waals surface area contributed by atoms with Crippen molar-refractivity contribution >= 4 is 44.4 Å². The van der Waals surface area contributed by atoms with E-state index in [1.807, 2.05) is 43.0 Å². The summed E-state index contributed by atoms with van der Waals surface area (Å²) in [6, 6.07) is 7.61. The molecule has 1 heterocycles. The van der Waals surface area contributed by atoms with Gasteiger partial charge in [-0.05, 0) is 46.9 Å². The Morgan fingerprint density at radius 1 is 1.12 bits per heavy atom. The topological polar surface area (TPSA) is 73.0 Å². The van der Waals surface area contributed by atoms with Crippen LogP contribution in [0.3, 0.4) is 0 Å². The van der Waals surface area contributed by atoms with Gasteiger partial charge in [0.05, 0.1) is 6.54 Å². The zero-order chi connectivity index (χ0) is 18.4. The number of nitrogens with zero attached hydrogens (tertiary/aromatic N) is 3. The summed E-state index contributed by atoms with van der Waals surface area (Å²) in [5.41, 5.74) is 0.771. The molecule has 1 aliphatic heterocycles. The number of rotatable bonds is 7. The molecule has 1 aliphatic rings. The SMILES string of the molecule is CCN(CC)S(=O)(=O)N1CCN(CC(=O)Nc2ccc(I)cc2)CC1. The molecule has 1 saturated heterocycles. The van der Waals surface area contributed by atoms with Crippen LogP contribution in [0.15, 0.2) is 24.3 Å². The Balaban J connectivity index is 1.83. The van der Waals surface area contributed by atoms with E-state index in [0.29, 0.717) is 39.3 Å². The fraction of sp³-hybridized carbons (Fsp3) is 0.562. The number of anilines is 1. The molecule has 140 valence electrons. The molecule has 2 rings (SSSR count). The summed E-state index contributed by atoms with van der Waals surface area (Å²) in [5, 5.41) is 2.87. The monoisotopic (exact) mass is 480 g/mol. The first-order valence-corrected chi connectivity index (χ1v) is 10.9. The molecule has 0 spiro atoms. The van der Waals surface area contributed by atoms with E-state index in [9.17, 15) is 13.2 Å². The smallest absolute Gasteiger partial charge is 0.282 e. The van der Waals surface area contributed by atoms with Gasteiger partial charge in [-0.15, -0.1) is 0 Å². The first-order valence-electron chi connectivity index (χ1n) is 8.39. The predicted octanol–water partition coefficient (Wildman–Crippen LogP) is 1.43. The van der Waals surface area contributed by atoms with Crippen LogP contribution in [-0.2, 0) is 15.0 Å². The van der Waals surface area contributed by atoms with Crippen molar-refractivity contribution in [2.45, 2.75) is 13.8 Å². The van der Waals surface area contributed by atoms with Gasteiger partial charge in [-0.25, -0.2) is 0 Å². The number of carbonyl (C=O) groups excluding carboxylic acids is 1. The van der Waals surface area contributed by atoms with Crippen LogP contribution in [0.4, 0.5) is 5.69 Å². The Kier molecular flexibility index (Phi) is 7.62. The Morgan fingerprint density at radius 2 is 1.68 bits per heavy atom. The minimum absolute atomic E-state index is 0.0822. The average molecular weight is 480 g/mol. The van der Waals surface area contributed by atoms with Crippen LogP contribution in [0.25, 0.3) is 0 Å². The van der Waals surface area contributed by atoms with Crippen LogP contribution < -0.4 is 5.32 Å². The first-order chi connectivity index (χ1) is 11.9. The van der Waals surface area contributed by atoms with Gasteiger partial charge in [0.2, 0.25) is 5.91 Å². The van der Waals surface area contributed by atoms with Gasteiger partial charge in [0.25, 0.3) is 10.2 Å². The van der Waals surface area contributed by atoms with E-state index in [0.717, 1.165) is 9.26 Å². The fourth-order valence-corrected chi connectivity index (χ4v) is 4.73. The van der Waals surface area contributed by atoms with Crippen LogP contribution in [0.5, 0.6) is 0 Å². The molecule has 0 radical (unpaired) electrons. The molecule has 0 atom stereocenters. The summed E-state index contributed by atoms with van der Waals surface area (Å²) in [7, 11) is -3.39. The first kappa shape index (κ1) is 20.6. The molecule has 0 saturated carbocycles. The molecular formula is C16H25IN4O3S. The summed E-state index contributed by atoms with van der Waals surface area (Å²) in [6.07, 6.45) is 0. The van der Waals surface area contributed by atoms with Crippen molar-refractivity contribution in [2.24, 2.45) is 0 Å². The number of amides is 1. The van der Waals surface area contributed by atoms with E-state index in [1.165, 1.54) is 8.61 Å². The number of hydrogen-bond acceptors (Lipinski definition) is 4. The molecule has 1 N–H and O–H groups in total. The van der Waals surface area contributed by atoms with Crippen molar-refractivity contribution in [3.63, 3.8) is 0 Å². The Labute approximate surface area is 163 Å². The molecule has 0 aromatic heterocycles. The van der Waals surface area contributed by atoms with Gasteiger partial charge in [0.1, 0.15) is 0 Å². The highest BCUT2D eigenvalue weighted by molar-refractivity contribution is 14.1. The van der Waals surface area contributed by atoms with Gasteiger partial charge in [-0.2, -0.15) is 17.0 Å². The van der Waals surface area contributed by atoms with E-state index >= 15 is 0 Å². The highest BCUT2D eigenvalue weighted by Gasteiger charge is 2.31. The van der Waals surface area contributed by atoms with E-state index < -0.39 is 10.2 Å². The molecule has 1 amide bonds. The number of nitrogens with one attached hydrogen (secondary N) is 1. The Bertz CT molecular complexity index is 669. The zero-order valence-electron chi connectivity index (χ0n) is 14.6. The Hall–Kier alpha value is -0.750. The lowest BCUT2D eigenvalue weighted by Crippen LogP contribution is -2.54. The number of hydrogen-bond donors (Lipinski definition) is 1. The largest absolute Gasteiger partial charge is 0.325 e. The molecule has 1 aromatic carbocycles. The lowest BCUT2D eigenvalue weighted by Gasteiger charge is -2.35. The summed E-state index contributed by atoms with van der Waals surface area (Å²) in [4.78, 5) is 14.1. The summed E-state index contributed by atoms with van der Waals surface area (Å²) in [5.74, 6) is -0.0822. The standard InChI is InChI=1S/C16H25IN4O3S/c1-3-20(4-2)25(23,24)21-11-9-19(10-12-21)13-16(22)18-15-7-5-14(17)6-8-15/h5-8H,3-4,9-13H2,1-2H3,(H,18,22). The minimum atomic E-state index is -3.39. The van der Waals surface area contributed by atoms with E-state index in [-0.39, 0.29) is 12.5 Å². The van der Waals surface area contributed by atoms with Crippen molar-refractivity contribution in [3.05, 3.63) is 27.8 Å². The van der Waals surface area contributed by atoms with Gasteiger partial charge in [0.15, 0.2) is 0 Å². The van der Waals surface area contributed by atoms with Crippen LogP contribution in [0, 0.1) is 3.57 Å². The second-order valence-electron chi connectivity index (χ2n) is 5.82. The van der Waals surface area contributed by atoms with Crippen LogP contribution in [0.2, 0.25) is 0 Å². The second-order valence-corrected chi connectivity index (χ2v) is 9.00. The third-order valence-electron chi connectivity index (χ3n) is 4.18. The van der Waals surface area contributed by atoms with Gasteiger partial charge < -0.3 is 5.32 Å². The average Bonchev–Trinajstić information content (AvgIpc) is 2.58. The molecule has 7 nitrogen and oxygen atoms in total. The molecule has 9 heteroatoms. The van der Waals surface area contributed by atoms with Gasteiger partial charge in [0, 0.05) is 48.5 Å². The van der Waals surface area contributed by atoms with Crippen LogP contribution >= 0.6 is 22.6 Å². The maximum Gasteiger partial charge on any atom is 0.282 e. The van der Waals surface area contributed by atoms with Crippen LogP contribution in [-0.4, -0.2) is 73.6 Å². The summed E-state index contributed by atoms with van der Waals surface area (Å²) >= 11 is 2.21. The Morgan fingerprint density at radius 3 is 2.20 bits per heavy atom. The number of piperazine rings is 1. The highest BCUT2D eigenvalue weighted by atomic mass is 127. The van der Waals surface area contributed by atoms with E-state index in [4.69, 9.17) is 0 Å². The predicted molar refractivity (Wildman–Crippen MR) is 108 cm³/mol. The third-order valence-corrected chi connectivity index (χ3v) is 7.09. The van der Waals surface area contributed by atoms with E-state index in [2.05, 4.69) is 27.9 Å². The lowest BCUT2D eigenvalue weighted by molar-refractivity contribution is -0.117. The zero-order valence-corrected chi connectivity index (χ0v) is 17.6. The van der Waals surface area contributed by atoms with Crippen LogP contribution in [0.1, 0.15) is 13.8 Å². The summed E-state index contributed by atoms with van der Waals surface area (Å²) < 4.78 is 29.1. The molecule has 0 bridgehead atoms. The molecule has 0 unspecified atom stereocenters.